The summed E-state index contributed by atoms with van der Waals surface area (Å²) < 4.78 is 0. The van der Waals surface area contributed by atoms with E-state index in [0.717, 1.165) is 18.9 Å². The molecule has 10 nitrogen and oxygen atoms in total. The number of carbonyl (C=O) groups is 1. The van der Waals surface area contributed by atoms with Crippen LogP contribution in [0.25, 0.3) is 0 Å². The van der Waals surface area contributed by atoms with Gasteiger partial charge in [0.05, 0.1) is 21.6 Å². The maximum atomic E-state index is 12.0. The lowest BCUT2D eigenvalue weighted by atomic mass is 9.81. The zero-order valence-corrected chi connectivity index (χ0v) is 15.3. The third-order valence-corrected chi connectivity index (χ3v) is 4.64. The number of nitro benzene ring substituents is 2. The predicted molar refractivity (Wildman–Crippen MR) is 105 cm³/mol. The van der Waals surface area contributed by atoms with Gasteiger partial charge in [-0.25, -0.2) is 4.79 Å². The van der Waals surface area contributed by atoms with E-state index in [1.165, 1.54) is 12.1 Å². The van der Waals surface area contributed by atoms with Crippen molar-refractivity contribution in [1.29, 1.82) is 0 Å². The molecule has 0 bridgehead atoms. The van der Waals surface area contributed by atoms with E-state index >= 15 is 0 Å². The maximum Gasteiger partial charge on any atom is 0.437 e. The van der Waals surface area contributed by atoms with Gasteiger partial charge in [0.15, 0.2) is 0 Å². The Morgan fingerprint density at radius 1 is 1.07 bits per heavy atom. The van der Waals surface area contributed by atoms with Gasteiger partial charge >= 0.3 is 6.09 Å². The Morgan fingerprint density at radius 3 is 2.52 bits per heavy atom. The van der Waals surface area contributed by atoms with Crippen molar-refractivity contribution < 1.29 is 19.5 Å². The molecule has 0 spiro atoms. The third kappa shape index (κ3) is 4.92. The molecule has 1 fully saturated rings. The minimum atomic E-state index is -0.772. The first-order valence-corrected chi connectivity index (χ1v) is 8.98. The van der Waals surface area contributed by atoms with E-state index in [2.05, 4.69) is 10.5 Å². The number of para-hydroxylation sites is 1. The van der Waals surface area contributed by atoms with E-state index in [1.54, 1.807) is 30.3 Å². The van der Waals surface area contributed by atoms with Crippen LogP contribution in [0.2, 0.25) is 0 Å². The summed E-state index contributed by atoms with van der Waals surface area (Å²) in [5.41, 5.74) is 0.673. The van der Waals surface area contributed by atoms with Gasteiger partial charge in [0.2, 0.25) is 0 Å². The zero-order chi connectivity index (χ0) is 20.8. The highest BCUT2D eigenvalue weighted by Gasteiger charge is 2.31. The molecule has 3 rings (SSSR count). The quantitative estimate of drug-likeness (QED) is 0.438. The van der Waals surface area contributed by atoms with Gasteiger partial charge in [0.1, 0.15) is 0 Å². The van der Waals surface area contributed by atoms with Crippen molar-refractivity contribution in [3.8, 4) is 0 Å². The summed E-state index contributed by atoms with van der Waals surface area (Å²) >= 11 is 0. The average Bonchev–Trinajstić information content (AvgIpc) is 2.72. The number of anilines is 1. The SMILES string of the molecule is O=C(Nc1ccccc1)O/N=C1/CCCCC1c1ccc([N+](=O)[O-])cc1[N+](=O)[O-]. The van der Waals surface area contributed by atoms with E-state index in [0.29, 0.717) is 29.8 Å². The monoisotopic (exact) mass is 398 g/mol. The van der Waals surface area contributed by atoms with Crippen LogP contribution in [0.5, 0.6) is 0 Å². The number of nitrogens with one attached hydrogen (secondary N) is 1. The Balaban J connectivity index is 1.82. The number of benzene rings is 2. The van der Waals surface area contributed by atoms with E-state index in [9.17, 15) is 25.0 Å². The fourth-order valence-corrected chi connectivity index (χ4v) is 3.30. The van der Waals surface area contributed by atoms with Gasteiger partial charge in [-0.2, -0.15) is 0 Å². The van der Waals surface area contributed by atoms with E-state index in [4.69, 9.17) is 4.84 Å². The Hall–Kier alpha value is -3.82. The van der Waals surface area contributed by atoms with Crippen molar-refractivity contribution in [2.24, 2.45) is 5.16 Å². The molecule has 2 aromatic rings. The van der Waals surface area contributed by atoms with Crippen LogP contribution in [0.3, 0.4) is 0 Å². The van der Waals surface area contributed by atoms with Crippen molar-refractivity contribution in [2.45, 2.75) is 31.6 Å². The van der Waals surface area contributed by atoms with Gasteiger partial charge < -0.3 is 0 Å². The maximum absolute atomic E-state index is 12.0. The van der Waals surface area contributed by atoms with E-state index < -0.39 is 21.9 Å². The molecular weight excluding hydrogens is 380 g/mol. The first-order valence-electron chi connectivity index (χ1n) is 8.98. The first kappa shape index (κ1) is 19.9. The lowest BCUT2D eigenvalue weighted by molar-refractivity contribution is -0.394. The van der Waals surface area contributed by atoms with Crippen molar-refractivity contribution in [2.75, 3.05) is 5.32 Å². The molecule has 150 valence electrons. The van der Waals surface area contributed by atoms with Crippen LogP contribution in [0.1, 0.15) is 37.2 Å². The second-order valence-corrected chi connectivity index (χ2v) is 6.51. The highest BCUT2D eigenvalue weighted by Crippen LogP contribution is 2.37. The van der Waals surface area contributed by atoms with Crippen LogP contribution in [0.4, 0.5) is 21.9 Å². The number of nitro groups is 2. The van der Waals surface area contributed by atoms with Gasteiger partial charge in [-0.05, 0) is 37.5 Å². The minimum Gasteiger partial charge on any atom is -0.298 e. The summed E-state index contributed by atoms with van der Waals surface area (Å²) in [6, 6.07) is 12.3. The summed E-state index contributed by atoms with van der Waals surface area (Å²) in [7, 11) is 0. The number of amides is 1. The normalized spacial score (nSPS) is 17.5. The number of carbonyl (C=O) groups excluding carboxylic acids is 1. The van der Waals surface area contributed by atoms with E-state index in [1.807, 2.05) is 0 Å². The summed E-state index contributed by atoms with van der Waals surface area (Å²) in [6.07, 6.45) is 1.93. The molecule has 1 atom stereocenters. The molecule has 1 unspecified atom stereocenters. The first-order chi connectivity index (χ1) is 14.0. The zero-order valence-electron chi connectivity index (χ0n) is 15.3. The number of oxime groups is 1. The average molecular weight is 398 g/mol. The van der Waals surface area contributed by atoms with Gasteiger partial charge in [-0.15, -0.1) is 0 Å². The number of hydrogen-bond donors (Lipinski definition) is 1. The largest absolute Gasteiger partial charge is 0.437 e. The van der Waals surface area contributed by atoms with Crippen LogP contribution in [-0.2, 0) is 4.84 Å². The summed E-state index contributed by atoms with van der Waals surface area (Å²) in [5, 5.41) is 28.9. The molecule has 0 heterocycles. The van der Waals surface area contributed by atoms with Gasteiger partial charge in [-0.1, -0.05) is 29.8 Å². The summed E-state index contributed by atoms with van der Waals surface area (Å²) in [5.74, 6) is -0.450. The predicted octanol–water partition coefficient (Wildman–Crippen LogP) is 4.77. The Bertz CT molecular complexity index is 960. The molecule has 1 aliphatic carbocycles. The van der Waals surface area contributed by atoms with E-state index in [-0.39, 0.29) is 11.4 Å². The van der Waals surface area contributed by atoms with Crippen LogP contribution in [0, 0.1) is 20.2 Å². The third-order valence-electron chi connectivity index (χ3n) is 4.64. The fraction of sp³-hybridized carbons (Fsp3) is 0.263. The number of hydrogen-bond acceptors (Lipinski definition) is 7. The Labute approximate surface area is 165 Å². The molecule has 1 N–H and O–H groups in total. The van der Waals surface area contributed by atoms with Crippen LogP contribution < -0.4 is 5.32 Å². The smallest absolute Gasteiger partial charge is 0.298 e. The number of rotatable bonds is 5. The lowest BCUT2D eigenvalue weighted by Crippen LogP contribution is -2.20. The van der Waals surface area contributed by atoms with Crippen LogP contribution >= 0.6 is 0 Å². The molecule has 1 aliphatic rings. The van der Waals surface area contributed by atoms with Crippen molar-refractivity contribution >= 4 is 28.9 Å². The molecule has 1 saturated carbocycles. The number of non-ortho nitro benzene ring substituents is 1. The van der Waals surface area contributed by atoms with Crippen LogP contribution in [0.15, 0.2) is 53.7 Å². The molecule has 1 amide bonds. The molecule has 0 aliphatic heterocycles. The standard InChI is InChI=1S/C19H18N4O6/c24-19(20-13-6-2-1-3-7-13)29-21-17-9-5-4-8-15(17)16-11-10-14(22(25)26)12-18(16)23(27)28/h1-3,6-7,10-12,15H,4-5,8-9H2,(H,20,24)/b21-17-. The number of nitrogens with zero attached hydrogens (tertiary/aromatic N) is 3. The summed E-state index contributed by atoms with van der Waals surface area (Å²) in [6.45, 7) is 0. The van der Waals surface area contributed by atoms with Gasteiger partial charge in [0, 0.05) is 23.2 Å². The topological polar surface area (TPSA) is 137 Å². The van der Waals surface area contributed by atoms with Crippen LogP contribution in [-0.4, -0.2) is 21.7 Å². The fourth-order valence-electron chi connectivity index (χ4n) is 3.30. The Morgan fingerprint density at radius 2 is 1.83 bits per heavy atom. The highest BCUT2D eigenvalue weighted by atomic mass is 16.7. The molecule has 0 radical (unpaired) electrons. The second-order valence-electron chi connectivity index (χ2n) is 6.51. The summed E-state index contributed by atoms with van der Waals surface area (Å²) in [4.78, 5) is 38.0. The molecular formula is C19H18N4O6. The molecule has 10 heteroatoms. The van der Waals surface area contributed by atoms with Crippen molar-refractivity contribution in [1.82, 2.24) is 0 Å². The molecule has 29 heavy (non-hydrogen) atoms. The van der Waals surface area contributed by atoms with Crippen molar-refractivity contribution in [3.05, 3.63) is 74.3 Å². The lowest BCUT2D eigenvalue weighted by Gasteiger charge is -2.23. The highest BCUT2D eigenvalue weighted by molar-refractivity contribution is 5.93. The minimum absolute atomic E-state index is 0.325. The van der Waals surface area contributed by atoms with Crippen molar-refractivity contribution in [3.63, 3.8) is 0 Å². The van der Waals surface area contributed by atoms with Gasteiger partial charge in [-0.3, -0.25) is 30.4 Å². The molecule has 0 aromatic heterocycles. The molecule has 0 saturated heterocycles. The Kier molecular flexibility index (Phi) is 6.12. The van der Waals surface area contributed by atoms with Gasteiger partial charge in [0.25, 0.3) is 11.4 Å². The molecule has 2 aromatic carbocycles. The second kappa shape index (κ2) is 8.91.